The van der Waals surface area contributed by atoms with E-state index in [0.717, 1.165) is 23.4 Å². The van der Waals surface area contributed by atoms with Gasteiger partial charge in [0.25, 0.3) is 5.91 Å². The number of para-hydroxylation sites is 1. The van der Waals surface area contributed by atoms with E-state index in [-0.39, 0.29) is 5.91 Å². The SMILES string of the molecule is COc1ccccc1CN(C)C(=O)c1ccc(CN2CCCCC2)cc1. The molecule has 0 aliphatic carbocycles. The van der Waals surface area contributed by atoms with Gasteiger partial charge in [0, 0.05) is 31.3 Å². The van der Waals surface area contributed by atoms with Crippen LogP contribution >= 0.6 is 0 Å². The van der Waals surface area contributed by atoms with Crippen molar-refractivity contribution >= 4 is 5.91 Å². The highest BCUT2D eigenvalue weighted by molar-refractivity contribution is 5.94. The number of nitrogens with zero attached hydrogens (tertiary/aromatic N) is 2. The summed E-state index contributed by atoms with van der Waals surface area (Å²) in [6.07, 6.45) is 3.94. The second kappa shape index (κ2) is 8.86. The molecule has 0 radical (unpaired) electrons. The van der Waals surface area contributed by atoms with E-state index in [0.29, 0.717) is 6.54 Å². The first-order valence-corrected chi connectivity index (χ1v) is 9.36. The lowest BCUT2D eigenvalue weighted by atomic mass is 10.1. The van der Waals surface area contributed by atoms with Crippen LogP contribution in [-0.4, -0.2) is 43.0 Å². The fourth-order valence-corrected chi connectivity index (χ4v) is 3.51. The van der Waals surface area contributed by atoms with Crippen molar-refractivity contribution in [1.82, 2.24) is 9.80 Å². The Morgan fingerprint density at radius 3 is 2.42 bits per heavy atom. The van der Waals surface area contributed by atoms with E-state index in [1.165, 1.54) is 37.9 Å². The van der Waals surface area contributed by atoms with Gasteiger partial charge in [0.2, 0.25) is 0 Å². The van der Waals surface area contributed by atoms with Gasteiger partial charge in [-0.3, -0.25) is 9.69 Å². The minimum absolute atomic E-state index is 0.0282. The topological polar surface area (TPSA) is 32.8 Å². The van der Waals surface area contributed by atoms with Crippen LogP contribution in [0.15, 0.2) is 48.5 Å². The van der Waals surface area contributed by atoms with Crippen molar-refractivity contribution in [2.45, 2.75) is 32.4 Å². The number of carbonyl (C=O) groups is 1. The first kappa shape index (κ1) is 18.5. The monoisotopic (exact) mass is 352 g/mol. The number of amides is 1. The van der Waals surface area contributed by atoms with Crippen LogP contribution in [-0.2, 0) is 13.1 Å². The zero-order valence-corrected chi connectivity index (χ0v) is 15.8. The van der Waals surface area contributed by atoms with Gasteiger partial charge >= 0.3 is 0 Å². The van der Waals surface area contributed by atoms with Gasteiger partial charge < -0.3 is 9.64 Å². The molecule has 3 rings (SSSR count). The van der Waals surface area contributed by atoms with E-state index in [4.69, 9.17) is 4.74 Å². The second-order valence-corrected chi connectivity index (χ2v) is 7.01. The Hall–Kier alpha value is -2.33. The molecule has 1 aliphatic heterocycles. The zero-order chi connectivity index (χ0) is 18.4. The van der Waals surface area contributed by atoms with Crippen LogP contribution in [0, 0.1) is 0 Å². The van der Waals surface area contributed by atoms with Crippen molar-refractivity contribution in [3.05, 3.63) is 65.2 Å². The third-order valence-corrected chi connectivity index (χ3v) is 5.00. The Bertz CT molecular complexity index is 721. The summed E-state index contributed by atoms with van der Waals surface area (Å²) < 4.78 is 5.38. The van der Waals surface area contributed by atoms with Gasteiger partial charge in [-0.1, -0.05) is 36.8 Å². The average Bonchev–Trinajstić information content (AvgIpc) is 2.69. The molecule has 1 fully saturated rings. The first-order valence-electron chi connectivity index (χ1n) is 9.36. The number of likely N-dealkylation sites (tertiary alicyclic amines) is 1. The van der Waals surface area contributed by atoms with E-state index >= 15 is 0 Å². The van der Waals surface area contributed by atoms with Gasteiger partial charge in [-0.15, -0.1) is 0 Å². The molecular weight excluding hydrogens is 324 g/mol. The van der Waals surface area contributed by atoms with E-state index in [1.807, 2.05) is 43.4 Å². The highest BCUT2D eigenvalue weighted by Crippen LogP contribution is 2.20. The number of benzene rings is 2. The molecule has 4 nitrogen and oxygen atoms in total. The molecule has 0 aromatic heterocycles. The van der Waals surface area contributed by atoms with Gasteiger partial charge in [-0.2, -0.15) is 0 Å². The fourth-order valence-electron chi connectivity index (χ4n) is 3.51. The Morgan fingerprint density at radius 2 is 1.73 bits per heavy atom. The molecule has 0 spiro atoms. The number of hydrogen-bond donors (Lipinski definition) is 0. The molecular formula is C22H28N2O2. The Balaban J connectivity index is 1.61. The highest BCUT2D eigenvalue weighted by atomic mass is 16.5. The third-order valence-electron chi connectivity index (χ3n) is 5.00. The molecule has 1 heterocycles. The number of methoxy groups -OCH3 is 1. The molecule has 0 bridgehead atoms. The molecule has 2 aromatic carbocycles. The lowest BCUT2D eigenvalue weighted by Gasteiger charge is -2.26. The van der Waals surface area contributed by atoms with E-state index < -0.39 is 0 Å². The van der Waals surface area contributed by atoms with E-state index in [2.05, 4.69) is 17.0 Å². The molecule has 138 valence electrons. The van der Waals surface area contributed by atoms with Crippen LogP contribution in [0.25, 0.3) is 0 Å². The predicted octanol–water partition coefficient (Wildman–Crippen LogP) is 3.95. The molecule has 0 N–H and O–H groups in total. The number of ether oxygens (including phenoxy) is 1. The summed E-state index contributed by atoms with van der Waals surface area (Å²) in [5, 5.41) is 0. The van der Waals surface area contributed by atoms with Gasteiger partial charge in [-0.25, -0.2) is 0 Å². The van der Waals surface area contributed by atoms with Crippen molar-refractivity contribution in [3.8, 4) is 5.75 Å². The lowest BCUT2D eigenvalue weighted by Crippen LogP contribution is -2.29. The fraction of sp³-hybridized carbons (Fsp3) is 0.409. The summed E-state index contributed by atoms with van der Waals surface area (Å²) in [4.78, 5) is 17.0. The van der Waals surface area contributed by atoms with E-state index in [1.54, 1.807) is 12.0 Å². The minimum atomic E-state index is 0.0282. The van der Waals surface area contributed by atoms with Crippen molar-refractivity contribution in [3.63, 3.8) is 0 Å². The molecule has 1 amide bonds. The second-order valence-electron chi connectivity index (χ2n) is 7.01. The van der Waals surface area contributed by atoms with Gasteiger partial charge in [-0.05, 0) is 49.7 Å². The standard InChI is InChI=1S/C22H28N2O2/c1-23(17-20-8-4-5-9-21(20)26-2)22(25)19-12-10-18(11-13-19)16-24-14-6-3-7-15-24/h4-5,8-13H,3,6-7,14-17H2,1-2H3. The molecule has 1 aliphatic rings. The highest BCUT2D eigenvalue weighted by Gasteiger charge is 2.15. The molecule has 0 saturated carbocycles. The number of hydrogen-bond acceptors (Lipinski definition) is 3. The quantitative estimate of drug-likeness (QED) is 0.789. The normalized spacial score (nSPS) is 14.8. The summed E-state index contributed by atoms with van der Waals surface area (Å²) in [5.41, 5.74) is 3.01. The Morgan fingerprint density at radius 1 is 1.04 bits per heavy atom. The maximum Gasteiger partial charge on any atom is 0.253 e. The summed E-state index contributed by atoms with van der Waals surface area (Å²) in [5.74, 6) is 0.837. The molecule has 0 unspecified atom stereocenters. The Labute approximate surface area is 156 Å². The molecule has 0 atom stereocenters. The van der Waals surface area contributed by atoms with Crippen molar-refractivity contribution < 1.29 is 9.53 Å². The van der Waals surface area contributed by atoms with Gasteiger partial charge in [0.05, 0.1) is 7.11 Å². The van der Waals surface area contributed by atoms with Crippen LogP contribution in [0.3, 0.4) is 0 Å². The maximum absolute atomic E-state index is 12.7. The molecule has 26 heavy (non-hydrogen) atoms. The van der Waals surface area contributed by atoms with Crippen LogP contribution < -0.4 is 4.74 Å². The first-order chi connectivity index (χ1) is 12.7. The molecule has 1 saturated heterocycles. The van der Waals surface area contributed by atoms with Crippen molar-refractivity contribution in [1.29, 1.82) is 0 Å². The summed E-state index contributed by atoms with van der Waals surface area (Å²) >= 11 is 0. The van der Waals surface area contributed by atoms with Crippen LogP contribution in [0.1, 0.15) is 40.7 Å². The lowest BCUT2D eigenvalue weighted by molar-refractivity contribution is 0.0784. The van der Waals surface area contributed by atoms with Crippen LogP contribution in [0.4, 0.5) is 0 Å². The predicted molar refractivity (Wildman–Crippen MR) is 104 cm³/mol. The molecule has 2 aromatic rings. The summed E-state index contributed by atoms with van der Waals surface area (Å²) in [6, 6.07) is 15.9. The third kappa shape index (κ3) is 4.64. The smallest absolute Gasteiger partial charge is 0.253 e. The van der Waals surface area contributed by atoms with Crippen LogP contribution in [0.2, 0.25) is 0 Å². The van der Waals surface area contributed by atoms with Gasteiger partial charge in [0.15, 0.2) is 0 Å². The van der Waals surface area contributed by atoms with Crippen molar-refractivity contribution in [2.24, 2.45) is 0 Å². The van der Waals surface area contributed by atoms with Crippen LogP contribution in [0.5, 0.6) is 5.75 Å². The summed E-state index contributed by atoms with van der Waals surface area (Å²) in [6.45, 7) is 3.87. The zero-order valence-electron chi connectivity index (χ0n) is 15.8. The Kier molecular flexibility index (Phi) is 6.29. The largest absolute Gasteiger partial charge is 0.496 e. The number of piperidine rings is 1. The van der Waals surface area contributed by atoms with E-state index in [9.17, 15) is 4.79 Å². The summed E-state index contributed by atoms with van der Waals surface area (Å²) in [7, 11) is 3.48. The van der Waals surface area contributed by atoms with Crippen molar-refractivity contribution in [2.75, 3.05) is 27.2 Å². The molecule has 4 heteroatoms. The number of rotatable bonds is 6. The average molecular weight is 352 g/mol. The minimum Gasteiger partial charge on any atom is -0.496 e. The maximum atomic E-state index is 12.7. The number of carbonyl (C=O) groups excluding carboxylic acids is 1. The van der Waals surface area contributed by atoms with Gasteiger partial charge in [0.1, 0.15) is 5.75 Å².